The van der Waals surface area contributed by atoms with Crippen LogP contribution >= 0.6 is 11.3 Å². The van der Waals surface area contributed by atoms with Gasteiger partial charge in [-0.15, -0.1) is 10.2 Å². The van der Waals surface area contributed by atoms with E-state index in [0.29, 0.717) is 18.2 Å². The lowest BCUT2D eigenvalue weighted by atomic mass is 9.72. The molecule has 7 nitrogen and oxygen atoms in total. The van der Waals surface area contributed by atoms with Crippen LogP contribution in [0.4, 0.5) is 18.7 Å². The predicted octanol–water partition coefficient (Wildman–Crippen LogP) is 2.77. The molecule has 2 fully saturated rings. The Bertz CT molecular complexity index is 859. The van der Waals surface area contributed by atoms with E-state index in [9.17, 15) is 18.7 Å². The Morgan fingerprint density at radius 2 is 1.85 bits per heavy atom. The average Bonchev–Trinajstić information content (AvgIpc) is 3.07. The molecule has 0 saturated carbocycles. The van der Waals surface area contributed by atoms with E-state index in [4.69, 9.17) is 5.11 Å². The molecule has 1 spiro atoms. The van der Waals surface area contributed by atoms with E-state index in [1.807, 2.05) is 4.90 Å². The Kier molecular flexibility index (Phi) is 3.94. The topological polar surface area (TPSA) is 89.8 Å². The van der Waals surface area contributed by atoms with E-state index >= 15 is 0 Å². The van der Waals surface area contributed by atoms with Crippen LogP contribution in [0.5, 0.6) is 5.75 Å². The largest absolute Gasteiger partial charge is 0.505 e. The van der Waals surface area contributed by atoms with Crippen molar-refractivity contribution < 1.29 is 23.8 Å². The molecule has 3 heterocycles. The first-order valence-electron chi connectivity index (χ1n) is 8.12. The summed E-state index contributed by atoms with van der Waals surface area (Å²) >= 11 is 1.16. The highest BCUT2D eigenvalue weighted by atomic mass is 32.1. The molecule has 26 heavy (non-hydrogen) atoms. The highest BCUT2D eigenvalue weighted by Gasteiger charge is 2.46. The number of phenols is 1. The monoisotopic (exact) mass is 382 g/mol. The van der Waals surface area contributed by atoms with E-state index in [0.717, 1.165) is 43.3 Å². The molecule has 0 radical (unpaired) electrons. The Balaban J connectivity index is 1.45. The van der Waals surface area contributed by atoms with Crippen molar-refractivity contribution in [3.8, 4) is 16.3 Å². The van der Waals surface area contributed by atoms with Gasteiger partial charge >= 0.3 is 6.09 Å². The molecule has 0 atom stereocenters. The van der Waals surface area contributed by atoms with Gasteiger partial charge in [0.1, 0.15) is 0 Å². The fourth-order valence-electron chi connectivity index (χ4n) is 3.54. The summed E-state index contributed by atoms with van der Waals surface area (Å²) in [4.78, 5) is 14.4. The minimum absolute atomic E-state index is 0.0333. The maximum atomic E-state index is 14.0. The number of nitrogens with zero attached hydrogens (tertiary/aromatic N) is 4. The maximum Gasteiger partial charge on any atom is 0.407 e. The van der Waals surface area contributed by atoms with Gasteiger partial charge in [0.15, 0.2) is 16.6 Å². The summed E-state index contributed by atoms with van der Waals surface area (Å²) in [5.74, 6) is -3.19. The van der Waals surface area contributed by atoms with Gasteiger partial charge in [-0.2, -0.15) is 4.39 Å². The van der Waals surface area contributed by atoms with Crippen LogP contribution in [0, 0.1) is 17.0 Å². The summed E-state index contributed by atoms with van der Waals surface area (Å²) in [5, 5.41) is 27.1. The van der Waals surface area contributed by atoms with Crippen molar-refractivity contribution in [1.29, 1.82) is 0 Å². The Morgan fingerprint density at radius 3 is 2.50 bits per heavy atom. The number of likely N-dealkylation sites (tertiary alicyclic amines) is 1. The van der Waals surface area contributed by atoms with Crippen molar-refractivity contribution in [2.75, 3.05) is 31.1 Å². The van der Waals surface area contributed by atoms with Crippen LogP contribution < -0.4 is 4.90 Å². The molecule has 2 aliphatic heterocycles. The number of carboxylic acid groups (broad SMARTS) is 1. The fourth-order valence-corrected chi connectivity index (χ4v) is 4.41. The molecule has 4 rings (SSSR count). The van der Waals surface area contributed by atoms with Gasteiger partial charge in [0.05, 0.1) is 5.56 Å². The second kappa shape index (κ2) is 6.04. The van der Waals surface area contributed by atoms with Crippen molar-refractivity contribution in [1.82, 2.24) is 15.1 Å². The van der Waals surface area contributed by atoms with Crippen molar-refractivity contribution in [2.45, 2.75) is 12.8 Å². The number of anilines is 1. The highest BCUT2D eigenvalue weighted by molar-refractivity contribution is 7.18. The van der Waals surface area contributed by atoms with Crippen LogP contribution in [0.1, 0.15) is 12.8 Å². The Morgan fingerprint density at radius 1 is 1.15 bits per heavy atom. The lowest BCUT2D eigenvalue weighted by Gasteiger charge is -2.53. The summed E-state index contributed by atoms with van der Waals surface area (Å²) in [6.07, 6.45) is 0.728. The van der Waals surface area contributed by atoms with Crippen LogP contribution in [-0.2, 0) is 0 Å². The molecule has 138 valence electrons. The number of rotatable bonds is 2. The van der Waals surface area contributed by atoms with E-state index in [1.54, 1.807) is 0 Å². The first-order chi connectivity index (χ1) is 12.4. The second-order valence-corrected chi connectivity index (χ2v) is 7.73. The van der Waals surface area contributed by atoms with E-state index in [2.05, 4.69) is 10.2 Å². The highest BCUT2D eigenvalue weighted by Crippen LogP contribution is 2.44. The van der Waals surface area contributed by atoms with Crippen molar-refractivity contribution in [2.24, 2.45) is 5.41 Å². The van der Waals surface area contributed by atoms with Gasteiger partial charge in [-0.05, 0) is 25.0 Å². The number of aromatic nitrogens is 2. The quantitative estimate of drug-likeness (QED) is 0.830. The molecule has 10 heteroatoms. The number of benzene rings is 1. The summed E-state index contributed by atoms with van der Waals surface area (Å²) in [7, 11) is 0. The van der Waals surface area contributed by atoms with Gasteiger partial charge < -0.3 is 20.0 Å². The number of halogens is 2. The second-order valence-electron chi connectivity index (χ2n) is 6.78. The lowest BCUT2D eigenvalue weighted by molar-refractivity contribution is 0.0710. The third kappa shape index (κ3) is 2.74. The molecule has 2 aliphatic rings. The van der Waals surface area contributed by atoms with Gasteiger partial charge in [-0.3, -0.25) is 0 Å². The number of phenolic OH excluding ortho intramolecular Hbond substituents is 1. The van der Waals surface area contributed by atoms with Crippen LogP contribution in [0.2, 0.25) is 0 Å². The molecule has 2 aromatic rings. The van der Waals surface area contributed by atoms with E-state index in [1.165, 1.54) is 11.0 Å². The summed E-state index contributed by atoms with van der Waals surface area (Å²) in [6, 6.07) is 2.36. The number of hydrogen-bond acceptors (Lipinski definition) is 6. The summed E-state index contributed by atoms with van der Waals surface area (Å²) in [5.41, 5.74) is 0.0577. The lowest BCUT2D eigenvalue weighted by Crippen LogP contribution is -2.60. The summed E-state index contributed by atoms with van der Waals surface area (Å²) in [6.45, 7) is 2.56. The number of carbonyl (C=O) groups is 1. The molecule has 2 N–H and O–H groups in total. The Labute approximate surface area is 151 Å². The molecule has 1 aromatic carbocycles. The average molecular weight is 382 g/mol. The van der Waals surface area contributed by atoms with Gasteiger partial charge in [0, 0.05) is 31.6 Å². The fraction of sp³-hybridized carbons (Fsp3) is 0.438. The van der Waals surface area contributed by atoms with Gasteiger partial charge in [0.25, 0.3) is 0 Å². The first-order valence-corrected chi connectivity index (χ1v) is 8.94. The van der Waals surface area contributed by atoms with Gasteiger partial charge in [-0.25, -0.2) is 9.18 Å². The van der Waals surface area contributed by atoms with Crippen LogP contribution in [0.15, 0.2) is 12.1 Å². The molecular weight excluding hydrogens is 366 g/mol. The number of amides is 1. The van der Waals surface area contributed by atoms with Crippen molar-refractivity contribution in [3.05, 3.63) is 23.8 Å². The van der Waals surface area contributed by atoms with Crippen LogP contribution in [-0.4, -0.2) is 57.6 Å². The van der Waals surface area contributed by atoms with Gasteiger partial charge in [-0.1, -0.05) is 11.3 Å². The number of piperidine rings is 1. The molecule has 1 amide bonds. The zero-order chi connectivity index (χ0) is 18.5. The molecule has 2 saturated heterocycles. The summed E-state index contributed by atoms with van der Waals surface area (Å²) < 4.78 is 27.5. The molecule has 0 unspecified atom stereocenters. The van der Waals surface area contributed by atoms with E-state index in [-0.39, 0.29) is 16.0 Å². The molecular formula is C16H16F2N4O3S. The minimum Gasteiger partial charge on any atom is -0.505 e. The number of aromatic hydroxyl groups is 1. The smallest absolute Gasteiger partial charge is 0.407 e. The predicted molar refractivity (Wildman–Crippen MR) is 90.4 cm³/mol. The molecule has 1 aromatic heterocycles. The zero-order valence-corrected chi connectivity index (χ0v) is 14.5. The standard InChI is InChI=1S/C16H16F2N4O3S/c17-11-9(1-2-10(23)12(11)18)13-19-20-14(26-13)22-7-16(8-22)3-5-21(6-4-16)15(24)25/h1-2,23H,3-8H2,(H,24,25). The first kappa shape index (κ1) is 17.0. The number of hydrogen-bond donors (Lipinski definition) is 2. The van der Waals surface area contributed by atoms with E-state index < -0.39 is 23.5 Å². The third-order valence-electron chi connectivity index (χ3n) is 5.12. The van der Waals surface area contributed by atoms with Crippen LogP contribution in [0.25, 0.3) is 10.6 Å². The zero-order valence-electron chi connectivity index (χ0n) is 13.7. The van der Waals surface area contributed by atoms with Crippen LogP contribution in [0.3, 0.4) is 0 Å². The maximum absolute atomic E-state index is 14.0. The molecule has 0 aliphatic carbocycles. The third-order valence-corrected chi connectivity index (χ3v) is 6.14. The SMILES string of the molecule is O=C(O)N1CCC2(CC1)CN(c1nnc(-c3ccc(O)c(F)c3F)s1)C2. The van der Waals surface area contributed by atoms with Gasteiger partial charge in [0.2, 0.25) is 10.9 Å². The normalized spacial score (nSPS) is 18.8. The van der Waals surface area contributed by atoms with Crippen molar-refractivity contribution in [3.63, 3.8) is 0 Å². The van der Waals surface area contributed by atoms with Crippen molar-refractivity contribution >= 4 is 22.6 Å². The molecule has 0 bridgehead atoms. The Hall–Kier alpha value is -2.49. The minimum atomic E-state index is -1.30.